The number of ether oxygens (including phenoxy) is 2. The van der Waals surface area contributed by atoms with E-state index in [1.54, 1.807) is 12.3 Å². The maximum atomic E-state index is 12.5. The van der Waals surface area contributed by atoms with Crippen molar-refractivity contribution in [2.45, 2.75) is 130 Å². The summed E-state index contributed by atoms with van der Waals surface area (Å²) in [7, 11) is 0. The van der Waals surface area contributed by atoms with Crippen molar-refractivity contribution in [1.29, 1.82) is 0 Å². The number of rotatable bonds is 26. The highest BCUT2D eigenvalue weighted by molar-refractivity contribution is 6.04. The molecule has 42 heavy (non-hydrogen) atoms. The molecule has 0 unspecified atom stereocenters. The Morgan fingerprint density at radius 1 is 0.667 bits per heavy atom. The average molecular weight is 578 g/mol. The molecule has 1 N–H and O–H groups in total. The van der Waals surface area contributed by atoms with Crippen LogP contribution in [0.2, 0.25) is 0 Å². The van der Waals surface area contributed by atoms with Gasteiger partial charge in [-0.05, 0) is 60.9 Å². The van der Waals surface area contributed by atoms with Crippen molar-refractivity contribution in [3.8, 4) is 11.5 Å². The third-order valence-electron chi connectivity index (χ3n) is 7.98. The van der Waals surface area contributed by atoms with E-state index < -0.39 is 0 Å². The topological polar surface area (TPSA) is 47.6 Å². The van der Waals surface area contributed by atoms with Crippen molar-refractivity contribution in [2.75, 3.05) is 18.5 Å². The highest BCUT2D eigenvalue weighted by Gasteiger charge is 2.04. The minimum Gasteiger partial charge on any atom is -0.494 e. The number of nitrogens with one attached hydrogen (secondary N) is 1. The van der Waals surface area contributed by atoms with E-state index in [2.05, 4.69) is 26.1 Å². The van der Waals surface area contributed by atoms with Gasteiger partial charge < -0.3 is 14.8 Å². The van der Waals surface area contributed by atoms with E-state index in [1.807, 2.05) is 48.5 Å². The van der Waals surface area contributed by atoms with Gasteiger partial charge in [-0.25, -0.2) is 0 Å². The molecular weight excluding hydrogens is 518 g/mol. The summed E-state index contributed by atoms with van der Waals surface area (Å²) in [6.45, 7) is 8.06. The van der Waals surface area contributed by atoms with Crippen molar-refractivity contribution >= 4 is 11.5 Å². The minimum atomic E-state index is -0.0465. The predicted octanol–water partition coefficient (Wildman–Crippen LogP) is 11.6. The Labute approximate surface area is 257 Å². The van der Waals surface area contributed by atoms with Gasteiger partial charge in [0.05, 0.1) is 13.2 Å². The second kappa shape index (κ2) is 23.8. The number of hydrogen-bond acceptors (Lipinski definition) is 4. The van der Waals surface area contributed by atoms with Crippen LogP contribution in [0.25, 0.3) is 0 Å². The van der Waals surface area contributed by atoms with E-state index in [0.29, 0.717) is 18.1 Å². The smallest absolute Gasteiger partial charge is 0.187 e. The van der Waals surface area contributed by atoms with E-state index in [0.717, 1.165) is 36.6 Å². The lowest BCUT2D eigenvalue weighted by Gasteiger charge is -2.10. The van der Waals surface area contributed by atoms with Gasteiger partial charge in [-0.1, -0.05) is 124 Å². The zero-order chi connectivity index (χ0) is 30.1. The second-order valence-corrected chi connectivity index (χ2v) is 11.9. The van der Waals surface area contributed by atoms with Crippen molar-refractivity contribution < 1.29 is 14.3 Å². The van der Waals surface area contributed by atoms with E-state index in [-0.39, 0.29) is 5.78 Å². The first-order valence-corrected chi connectivity index (χ1v) is 17.1. The molecule has 0 bridgehead atoms. The highest BCUT2D eigenvalue weighted by Crippen LogP contribution is 2.18. The number of carbonyl (C=O) groups excluding carboxylic acids is 1. The summed E-state index contributed by atoms with van der Waals surface area (Å²) < 4.78 is 11.7. The molecule has 0 fully saturated rings. The number of anilines is 1. The minimum absolute atomic E-state index is 0.0465. The Kier molecular flexibility index (Phi) is 20.1. The fourth-order valence-electron chi connectivity index (χ4n) is 4.87. The fraction of sp³-hybridized carbons (Fsp3) is 0.605. The number of benzene rings is 2. The van der Waals surface area contributed by atoms with Crippen molar-refractivity contribution in [3.63, 3.8) is 0 Å². The lowest BCUT2D eigenvalue weighted by atomic mass is 10.0. The van der Waals surface area contributed by atoms with Gasteiger partial charge in [0.15, 0.2) is 5.78 Å². The van der Waals surface area contributed by atoms with Crippen LogP contribution in [0, 0.1) is 5.92 Å². The molecule has 0 aliphatic rings. The molecule has 0 aromatic heterocycles. The Hall–Kier alpha value is -2.75. The Bertz CT molecular complexity index is 951. The SMILES string of the molecule is CCCCCCCCCCCCCCCCCCOc1ccc(N/C=C/C(=O)c2ccc(OC[C@H](C)CC)cc2)cc1. The van der Waals surface area contributed by atoms with Crippen LogP contribution < -0.4 is 14.8 Å². The van der Waals surface area contributed by atoms with E-state index in [9.17, 15) is 4.79 Å². The van der Waals surface area contributed by atoms with Crippen LogP contribution in [-0.4, -0.2) is 19.0 Å². The molecule has 2 rings (SSSR count). The summed E-state index contributed by atoms with van der Waals surface area (Å²) >= 11 is 0. The Morgan fingerprint density at radius 3 is 1.67 bits per heavy atom. The quantitative estimate of drug-likeness (QED) is 0.0686. The largest absolute Gasteiger partial charge is 0.494 e. The maximum Gasteiger partial charge on any atom is 0.187 e. The fourth-order valence-corrected chi connectivity index (χ4v) is 4.87. The number of ketones is 1. The second-order valence-electron chi connectivity index (χ2n) is 11.9. The molecule has 0 aliphatic carbocycles. The number of allylic oxidation sites excluding steroid dienone is 1. The number of unbranched alkanes of at least 4 members (excludes halogenated alkanes) is 15. The van der Waals surface area contributed by atoms with Gasteiger partial charge >= 0.3 is 0 Å². The molecule has 0 saturated heterocycles. The molecule has 1 atom stereocenters. The van der Waals surface area contributed by atoms with E-state index >= 15 is 0 Å². The van der Waals surface area contributed by atoms with Crippen molar-refractivity contribution in [2.24, 2.45) is 5.92 Å². The van der Waals surface area contributed by atoms with Gasteiger partial charge in [0.1, 0.15) is 11.5 Å². The maximum absolute atomic E-state index is 12.5. The molecule has 0 heterocycles. The summed E-state index contributed by atoms with van der Waals surface area (Å²) in [6.07, 6.45) is 26.3. The average Bonchev–Trinajstić information content (AvgIpc) is 3.02. The van der Waals surface area contributed by atoms with Crippen LogP contribution in [-0.2, 0) is 0 Å². The lowest BCUT2D eigenvalue weighted by Crippen LogP contribution is -2.07. The van der Waals surface area contributed by atoms with Crippen LogP contribution in [0.3, 0.4) is 0 Å². The molecule has 0 spiro atoms. The Morgan fingerprint density at radius 2 is 1.14 bits per heavy atom. The van der Waals surface area contributed by atoms with Crippen molar-refractivity contribution in [1.82, 2.24) is 0 Å². The van der Waals surface area contributed by atoms with Gasteiger partial charge in [0.25, 0.3) is 0 Å². The number of hydrogen-bond donors (Lipinski definition) is 1. The molecule has 2 aromatic rings. The molecule has 0 saturated carbocycles. The van der Waals surface area contributed by atoms with Gasteiger partial charge in [0.2, 0.25) is 0 Å². The monoisotopic (exact) mass is 577 g/mol. The van der Waals surface area contributed by atoms with Crippen LogP contribution >= 0.6 is 0 Å². The normalized spacial score (nSPS) is 12.0. The summed E-state index contributed by atoms with van der Waals surface area (Å²) in [5.41, 5.74) is 1.56. The van der Waals surface area contributed by atoms with E-state index in [1.165, 1.54) is 96.3 Å². The molecule has 4 heteroatoms. The van der Waals surface area contributed by atoms with Crippen molar-refractivity contribution in [3.05, 3.63) is 66.4 Å². The molecule has 0 aliphatic heterocycles. The Balaban J connectivity index is 1.46. The van der Waals surface area contributed by atoms with E-state index in [4.69, 9.17) is 9.47 Å². The summed E-state index contributed by atoms with van der Waals surface area (Å²) in [4.78, 5) is 12.5. The van der Waals surface area contributed by atoms with Crippen LogP contribution in [0.1, 0.15) is 140 Å². The molecule has 4 nitrogen and oxygen atoms in total. The molecule has 234 valence electrons. The third-order valence-corrected chi connectivity index (χ3v) is 7.98. The van der Waals surface area contributed by atoms with Gasteiger partial charge in [-0.15, -0.1) is 0 Å². The molecular formula is C38H59NO3. The predicted molar refractivity (Wildman–Crippen MR) is 180 cm³/mol. The van der Waals surface area contributed by atoms with Crippen LogP contribution in [0.15, 0.2) is 60.8 Å². The first kappa shape index (κ1) is 35.4. The van der Waals surface area contributed by atoms with Gasteiger partial charge in [0, 0.05) is 23.5 Å². The number of carbonyl (C=O) groups is 1. The summed E-state index contributed by atoms with van der Waals surface area (Å²) in [6, 6.07) is 15.2. The summed E-state index contributed by atoms with van der Waals surface area (Å²) in [5.74, 6) is 2.16. The third kappa shape index (κ3) is 17.3. The molecule has 0 amide bonds. The standard InChI is InChI=1S/C38H59NO3/c1-4-6-7-8-9-10-11-12-13-14-15-16-17-18-19-20-31-41-36-27-23-35(24-28-36)39-30-29-38(40)34-21-25-37(26-22-34)42-32-33(3)5-2/h21-30,33,39H,4-20,31-32H2,1-3H3/b30-29+/t33-/m1/s1. The zero-order valence-corrected chi connectivity index (χ0v) is 27.0. The lowest BCUT2D eigenvalue weighted by molar-refractivity contribution is 0.104. The summed E-state index contributed by atoms with van der Waals surface area (Å²) in [5, 5.41) is 3.17. The molecule has 2 aromatic carbocycles. The van der Waals surface area contributed by atoms with Gasteiger partial charge in [-0.2, -0.15) is 0 Å². The van der Waals surface area contributed by atoms with Gasteiger partial charge in [-0.3, -0.25) is 4.79 Å². The van der Waals surface area contributed by atoms with Crippen LogP contribution in [0.5, 0.6) is 11.5 Å². The zero-order valence-electron chi connectivity index (χ0n) is 27.0. The van der Waals surface area contributed by atoms with Crippen LogP contribution in [0.4, 0.5) is 5.69 Å². The highest BCUT2D eigenvalue weighted by atomic mass is 16.5. The molecule has 0 radical (unpaired) electrons. The first-order valence-electron chi connectivity index (χ1n) is 17.1. The first-order chi connectivity index (χ1) is 20.6.